The Labute approximate surface area is 159 Å². The van der Waals surface area contributed by atoms with Gasteiger partial charge in [-0.15, -0.1) is 0 Å². The van der Waals surface area contributed by atoms with Crippen molar-refractivity contribution < 1.29 is 14.3 Å². The van der Waals surface area contributed by atoms with Crippen molar-refractivity contribution in [2.75, 3.05) is 26.3 Å². The van der Waals surface area contributed by atoms with Gasteiger partial charge in [0.2, 0.25) is 0 Å². The molecule has 0 saturated carbocycles. The fraction of sp³-hybridized carbons (Fsp3) is 0.318. The van der Waals surface area contributed by atoms with E-state index < -0.39 is 0 Å². The van der Waals surface area contributed by atoms with E-state index in [1.54, 1.807) is 0 Å². The molecule has 4 rings (SSSR count). The average molecular weight is 364 g/mol. The number of rotatable bonds is 4. The number of hydrogen-bond acceptors (Lipinski definition) is 4. The number of likely N-dealkylation sites (tertiary alicyclic amines) is 1. The van der Waals surface area contributed by atoms with Crippen molar-refractivity contribution in [3.05, 3.63) is 65.2 Å². The Balaban J connectivity index is 1.53. The summed E-state index contributed by atoms with van der Waals surface area (Å²) in [6, 6.07) is 15.8. The van der Waals surface area contributed by atoms with Crippen molar-refractivity contribution in [1.82, 2.24) is 4.90 Å². The zero-order valence-corrected chi connectivity index (χ0v) is 15.4. The lowest BCUT2D eigenvalue weighted by molar-refractivity contribution is -0.126. The van der Waals surface area contributed by atoms with Gasteiger partial charge in [0.1, 0.15) is 6.61 Å². The predicted molar refractivity (Wildman–Crippen MR) is 105 cm³/mol. The number of fused-ring (bicyclic) bond motifs is 1. The van der Waals surface area contributed by atoms with Crippen molar-refractivity contribution in [2.45, 2.75) is 18.9 Å². The molecule has 0 radical (unpaired) electrons. The lowest BCUT2D eigenvalue weighted by Gasteiger charge is -2.23. The topological polar surface area (TPSA) is 64.8 Å². The highest BCUT2D eigenvalue weighted by atomic mass is 16.5. The van der Waals surface area contributed by atoms with Crippen LogP contribution < -0.4 is 15.2 Å². The third-order valence-electron chi connectivity index (χ3n) is 5.17. The van der Waals surface area contributed by atoms with Crippen molar-refractivity contribution >= 4 is 12.0 Å². The van der Waals surface area contributed by atoms with Crippen molar-refractivity contribution in [3.63, 3.8) is 0 Å². The SMILES string of the molecule is CCOc1cccc2c1OCC(C(=O)N1C[C@@H](N)[C@H](c3ccccc3)C1)=C2. The highest BCUT2D eigenvalue weighted by Gasteiger charge is 2.35. The van der Waals surface area contributed by atoms with Crippen LogP contribution >= 0.6 is 0 Å². The van der Waals surface area contributed by atoms with E-state index in [1.165, 1.54) is 5.56 Å². The van der Waals surface area contributed by atoms with Gasteiger partial charge in [-0.25, -0.2) is 0 Å². The van der Waals surface area contributed by atoms with Crippen molar-refractivity contribution in [3.8, 4) is 11.5 Å². The Kier molecular flexibility index (Phi) is 4.86. The van der Waals surface area contributed by atoms with Gasteiger partial charge in [0.15, 0.2) is 11.5 Å². The number of benzene rings is 2. The zero-order valence-electron chi connectivity index (χ0n) is 15.4. The van der Waals surface area contributed by atoms with E-state index in [0.717, 1.165) is 5.56 Å². The second kappa shape index (κ2) is 7.45. The van der Waals surface area contributed by atoms with Gasteiger partial charge in [0.05, 0.1) is 12.2 Å². The molecule has 0 aromatic heterocycles. The number of hydrogen-bond donors (Lipinski definition) is 1. The lowest BCUT2D eigenvalue weighted by atomic mass is 9.95. The van der Waals surface area contributed by atoms with E-state index in [2.05, 4.69) is 12.1 Å². The first-order chi connectivity index (χ1) is 13.2. The summed E-state index contributed by atoms with van der Waals surface area (Å²) in [4.78, 5) is 14.9. The summed E-state index contributed by atoms with van der Waals surface area (Å²) >= 11 is 0. The molecule has 2 aliphatic heterocycles. The smallest absolute Gasteiger partial charge is 0.253 e. The Hall–Kier alpha value is -2.79. The maximum atomic E-state index is 13.0. The van der Waals surface area contributed by atoms with E-state index in [4.69, 9.17) is 15.2 Å². The van der Waals surface area contributed by atoms with Gasteiger partial charge < -0.3 is 20.1 Å². The van der Waals surface area contributed by atoms with Gasteiger partial charge in [0.25, 0.3) is 5.91 Å². The Morgan fingerprint density at radius 2 is 2.00 bits per heavy atom. The number of carbonyl (C=O) groups excluding carboxylic acids is 1. The molecule has 0 bridgehead atoms. The molecule has 140 valence electrons. The van der Waals surface area contributed by atoms with Crippen LogP contribution in [0.2, 0.25) is 0 Å². The predicted octanol–water partition coefficient (Wildman–Crippen LogP) is 2.81. The van der Waals surface area contributed by atoms with Crippen LogP contribution in [0.5, 0.6) is 11.5 Å². The number of amides is 1. The molecule has 2 N–H and O–H groups in total. The van der Waals surface area contributed by atoms with Crippen LogP contribution in [0.15, 0.2) is 54.1 Å². The van der Waals surface area contributed by atoms with Gasteiger partial charge in [-0.05, 0) is 24.6 Å². The van der Waals surface area contributed by atoms with Crippen molar-refractivity contribution in [1.29, 1.82) is 0 Å². The van der Waals surface area contributed by atoms with E-state index in [1.807, 2.05) is 54.3 Å². The van der Waals surface area contributed by atoms with E-state index >= 15 is 0 Å². The minimum Gasteiger partial charge on any atom is -0.490 e. The van der Waals surface area contributed by atoms with Crippen LogP contribution in [0.1, 0.15) is 24.0 Å². The fourth-order valence-corrected chi connectivity index (χ4v) is 3.82. The second-order valence-corrected chi connectivity index (χ2v) is 6.96. The largest absolute Gasteiger partial charge is 0.490 e. The quantitative estimate of drug-likeness (QED) is 0.906. The minimum atomic E-state index is -0.0571. The number of para-hydroxylation sites is 1. The molecule has 2 heterocycles. The molecule has 0 spiro atoms. The molecule has 2 aliphatic rings. The number of ether oxygens (including phenoxy) is 2. The Morgan fingerprint density at radius 1 is 1.19 bits per heavy atom. The van der Waals surface area contributed by atoms with Crippen LogP contribution in [-0.4, -0.2) is 43.2 Å². The molecule has 5 nitrogen and oxygen atoms in total. The molecule has 0 aliphatic carbocycles. The third kappa shape index (κ3) is 3.43. The van der Waals surface area contributed by atoms with Crippen LogP contribution in [0.4, 0.5) is 0 Å². The van der Waals surface area contributed by atoms with E-state index in [-0.39, 0.29) is 24.5 Å². The Morgan fingerprint density at radius 3 is 2.78 bits per heavy atom. The molecule has 1 fully saturated rings. The van der Waals surface area contributed by atoms with Gasteiger partial charge in [-0.2, -0.15) is 0 Å². The monoisotopic (exact) mass is 364 g/mol. The molecular weight excluding hydrogens is 340 g/mol. The summed E-state index contributed by atoms with van der Waals surface area (Å²) in [5, 5.41) is 0. The molecule has 1 saturated heterocycles. The van der Waals surface area contributed by atoms with Crippen LogP contribution in [0, 0.1) is 0 Å². The first-order valence-corrected chi connectivity index (χ1v) is 9.36. The summed E-state index contributed by atoms with van der Waals surface area (Å²) < 4.78 is 11.5. The highest BCUT2D eigenvalue weighted by molar-refractivity contribution is 5.99. The normalized spacial score (nSPS) is 21.3. The van der Waals surface area contributed by atoms with Crippen molar-refractivity contribution in [2.24, 2.45) is 5.73 Å². The minimum absolute atomic E-state index is 0.00339. The number of nitrogens with two attached hydrogens (primary N) is 1. The summed E-state index contributed by atoms with van der Waals surface area (Å²) in [7, 11) is 0. The van der Waals surface area contributed by atoms with E-state index in [9.17, 15) is 4.79 Å². The Bertz CT molecular complexity index is 863. The summed E-state index contributed by atoms with van der Waals surface area (Å²) in [6.07, 6.45) is 1.91. The fourth-order valence-electron chi connectivity index (χ4n) is 3.82. The highest BCUT2D eigenvalue weighted by Crippen LogP contribution is 2.36. The van der Waals surface area contributed by atoms with Gasteiger partial charge >= 0.3 is 0 Å². The molecule has 2 aromatic rings. The molecule has 1 amide bonds. The van der Waals surface area contributed by atoms with E-state index in [0.29, 0.717) is 36.8 Å². The average Bonchev–Trinajstić information content (AvgIpc) is 3.10. The maximum absolute atomic E-state index is 13.0. The van der Waals surface area contributed by atoms with Gasteiger partial charge in [-0.3, -0.25) is 4.79 Å². The molecule has 27 heavy (non-hydrogen) atoms. The third-order valence-corrected chi connectivity index (χ3v) is 5.17. The zero-order chi connectivity index (χ0) is 18.8. The standard InChI is InChI=1S/C22H24N2O3/c1-2-26-20-10-6-9-16-11-17(14-27-21(16)20)22(25)24-12-18(19(23)13-24)15-7-4-3-5-8-15/h3-11,18-19H,2,12-14,23H2,1H3/t18-,19+/m0/s1. The first-order valence-electron chi connectivity index (χ1n) is 9.36. The van der Waals surface area contributed by atoms with Crippen LogP contribution in [0.3, 0.4) is 0 Å². The van der Waals surface area contributed by atoms with Gasteiger partial charge in [0, 0.05) is 30.6 Å². The molecule has 2 atom stereocenters. The molecule has 5 heteroatoms. The second-order valence-electron chi connectivity index (χ2n) is 6.96. The summed E-state index contributed by atoms with van der Waals surface area (Å²) in [5.41, 5.74) is 9.04. The number of nitrogens with zero attached hydrogens (tertiary/aromatic N) is 1. The lowest BCUT2D eigenvalue weighted by Crippen LogP contribution is -2.34. The number of carbonyl (C=O) groups is 1. The summed E-state index contributed by atoms with van der Waals surface area (Å²) in [6.45, 7) is 3.95. The summed E-state index contributed by atoms with van der Waals surface area (Å²) in [5.74, 6) is 1.58. The molecular formula is C22H24N2O3. The first kappa shape index (κ1) is 17.6. The maximum Gasteiger partial charge on any atom is 0.253 e. The molecule has 0 unspecified atom stereocenters. The van der Waals surface area contributed by atoms with Crippen LogP contribution in [0.25, 0.3) is 6.08 Å². The van der Waals surface area contributed by atoms with Crippen LogP contribution in [-0.2, 0) is 4.79 Å². The van der Waals surface area contributed by atoms with Gasteiger partial charge in [-0.1, -0.05) is 42.5 Å². The molecule has 2 aromatic carbocycles.